The van der Waals surface area contributed by atoms with E-state index in [2.05, 4.69) is 24.9 Å². The first-order chi connectivity index (χ1) is 11.8. The lowest BCUT2D eigenvalue weighted by Crippen LogP contribution is -2.13. The molecule has 25 heavy (non-hydrogen) atoms. The maximum Gasteiger partial charge on any atom is 0.290 e. The van der Waals surface area contributed by atoms with Crippen molar-refractivity contribution >= 4 is 39.0 Å². The number of pyridine rings is 1. The maximum atomic E-state index is 11.6. The van der Waals surface area contributed by atoms with E-state index in [1.165, 1.54) is 5.56 Å². The van der Waals surface area contributed by atoms with Gasteiger partial charge in [-0.25, -0.2) is 4.98 Å². The third-order valence-electron chi connectivity index (χ3n) is 4.16. The molecule has 0 fully saturated rings. The Hall–Kier alpha value is -3.11. The molecule has 0 spiro atoms. The molecule has 0 saturated heterocycles. The zero-order valence-corrected chi connectivity index (χ0v) is 14.7. The molecule has 3 aromatic rings. The summed E-state index contributed by atoms with van der Waals surface area (Å²) in [5, 5.41) is 10.2. The van der Waals surface area contributed by atoms with Crippen molar-refractivity contribution in [3.8, 4) is 17.2 Å². The molecule has 6 nitrogen and oxygen atoms in total. The number of nitrogens with zero attached hydrogens (tertiary/aromatic N) is 1. The number of H-pyrrole nitrogens is 1. The predicted octanol–water partition coefficient (Wildman–Crippen LogP) is 2.64. The van der Waals surface area contributed by atoms with Crippen LogP contribution in [0.2, 0.25) is 0 Å². The second-order valence-electron chi connectivity index (χ2n) is 6.09. The fourth-order valence-corrected chi connectivity index (χ4v) is 3.84. The number of carbonyl (C=O) groups is 1. The number of nitrogens with one attached hydrogen (secondary N) is 1. The Balaban J connectivity index is 2.39. The number of nitriles is 1. The Morgan fingerprint density at radius 2 is 1.88 bits per heavy atom. The summed E-state index contributed by atoms with van der Waals surface area (Å²) in [6.07, 6.45) is 0. The summed E-state index contributed by atoms with van der Waals surface area (Å²) in [7, 11) is 0. The van der Waals surface area contributed by atoms with Crippen LogP contribution in [0.3, 0.4) is 0 Å². The van der Waals surface area contributed by atoms with Gasteiger partial charge < -0.3 is 11.5 Å². The number of aromatic amines is 1. The number of hydrogen-bond donors (Lipinski definition) is 3. The monoisotopic (exact) mass is 352 g/mol. The first-order valence-corrected chi connectivity index (χ1v) is 8.53. The van der Waals surface area contributed by atoms with Gasteiger partial charge in [0.05, 0.1) is 11.1 Å². The molecule has 0 unspecified atom stereocenters. The van der Waals surface area contributed by atoms with Gasteiger partial charge in [0, 0.05) is 5.56 Å². The average Bonchev–Trinajstić information content (AvgIpc) is 2.90. The lowest BCUT2D eigenvalue weighted by molar-refractivity contribution is -0.323. The number of carbonyl (C=O) groups excluding carboxylic acids is 1. The highest BCUT2D eigenvalue weighted by molar-refractivity contribution is 7.20. The highest BCUT2D eigenvalue weighted by atomic mass is 32.1. The Kier molecular flexibility index (Phi) is 4.07. The molecule has 0 aliphatic rings. The quantitative estimate of drug-likeness (QED) is 0.668. The summed E-state index contributed by atoms with van der Waals surface area (Å²) in [4.78, 5) is 15.5. The average molecular weight is 352 g/mol. The number of rotatable bonds is 3. The second-order valence-corrected chi connectivity index (χ2v) is 7.11. The number of primary amides is 1. The first-order valence-electron chi connectivity index (χ1n) is 7.72. The van der Waals surface area contributed by atoms with Gasteiger partial charge in [0.1, 0.15) is 16.5 Å². The SMILES string of the molecule is CC(C)c1ccc(-c2c(C#N)c(N)[nH+]c3sc(C(N)=O)c(N)c23)cc1. The van der Waals surface area contributed by atoms with Crippen LogP contribution in [0, 0.1) is 11.3 Å². The van der Waals surface area contributed by atoms with Crippen molar-refractivity contribution in [2.24, 2.45) is 5.73 Å². The molecule has 126 valence electrons. The molecule has 1 amide bonds. The maximum absolute atomic E-state index is 11.6. The summed E-state index contributed by atoms with van der Waals surface area (Å²) in [5.74, 6) is 0.0202. The summed E-state index contributed by atoms with van der Waals surface area (Å²) >= 11 is 1.14. The van der Waals surface area contributed by atoms with Gasteiger partial charge in [0.25, 0.3) is 11.7 Å². The van der Waals surface area contributed by atoms with E-state index >= 15 is 0 Å². The van der Waals surface area contributed by atoms with Crippen molar-refractivity contribution in [2.45, 2.75) is 19.8 Å². The second kappa shape index (κ2) is 6.07. The summed E-state index contributed by atoms with van der Waals surface area (Å²) in [5.41, 5.74) is 20.8. The van der Waals surface area contributed by atoms with Crippen LogP contribution in [0.5, 0.6) is 0 Å². The van der Waals surface area contributed by atoms with Crippen LogP contribution in [0.1, 0.15) is 40.6 Å². The van der Waals surface area contributed by atoms with E-state index in [9.17, 15) is 10.1 Å². The van der Waals surface area contributed by atoms with Gasteiger partial charge in [-0.15, -0.1) is 0 Å². The number of aromatic nitrogens is 1. The summed E-state index contributed by atoms with van der Waals surface area (Å²) in [6, 6.07) is 10.0. The molecule has 2 aromatic heterocycles. The highest BCUT2D eigenvalue weighted by Crippen LogP contribution is 2.41. The van der Waals surface area contributed by atoms with E-state index in [1.54, 1.807) is 0 Å². The number of fused-ring (bicyclic) bond motifs is 1. The zero-order chi connectivity index (χ0) is 18.3. The minimum Gasteiger partial charge on any atom is -0.397 e. The highest BCUT2D eigenvalue weighted by Gasteiger charge is 2.25. The molecule has 0 bridgehead atoms. The largest absolute Gasteiger partial charge is 0.397 e. The number of amides is 1. The third kappa shape index (κ3) is 2.66. The van der Waals surface area contributed by atoms with E-state index in [-0.39, 0.29) is 16.4 Å². The Labute approximate surface area is 148 Å². The Bertz CT molecular complexity index is 1030. The summed E-state index contributed by atoms with van der Waals surface area (Å²) in [6.45, 7) is 4.22. The van der Waals surface area contributed by atoms with E-state index in [4.69, 9.17) is 17.2 Å². The van der Waals surface area contributed by atoms with Gasteiger partial charge in [-0.3, -0.25) is 10.5 Å². The first kappa shape index (κ1) is 16.7. The molecular weight excluding hydrogens is 334 g/mol. The molecule has 1 aromatic carbocycles. The molecule has 0 radical (unpaired) electrons. The summed E-state index contributed by atoms with van der Waals surface area (Å²) < 4.78 is 0. The molecule has 0 saturated carbocycles. The van der Waals surface area contributed by atoms with E-state index < -0.39 is 5.91 Å². The van der Waals surface area contributed by atoms with Crippen LogP contribution in [-0.4, -0.2) is 5.91 Å². The fourth-order valence-electron chi connectivity index (χ4n) is 2.85. The number of nitrogen functional groups attached to an aromatic ring is 2. The van der Waals surface area contributed by atoms with Gasteiger partial charge in [-0.2, -0.15) is 5.26 Å². The molecule has 3 rings (SSSR count). The van der Waals surface area contributed by atoms with Crippen LogP contribution in [-0.2, 0) is 0 Å². The number of thiophene rings is 1. The molecule has 2 heterocycles. The lowest BCUT2D eigenvalue weighted by atomic mass is 9.94. The van der Waals surface area contributed by atoms with Crippen LogP contribution in [0.15, 0.2) is 24.3 Å². The van der Waals surface area contributed by atoms with Crippen molar-refractivity contribution in [3.05, 3.63) is 40.3 Å². The number of anilines is 2. The Morgan fingerprint density at radius 3 is 2.40 bits per heavy atom. The van der Waals surface area contributed by atoms with Crippen molar-refractivity contribution in [3.63, 3.8) is 0 Å². The molecule has 0 aliphatic carbocycles. The van der Waals surface area contributed by atoms with E-state index in [0.717, 1.165) is 16.9 Å². The minimum absolute atomic E-state index is 0.232. The van der Waals surface area contributed by atoms with Crippen molar-refractivity contribution in [1.29, 1.82) is 5.26 Å². The molecule has 0 atom stereocenters. The van der Waals surface area contributed by atoms with Crippen molar-refractivity contribution in [1.82, 2.24) is 0 Å². The van der Waals surface area contributed by atoms with E-state index in [0.29, 0.717) is 27.3 Å². The van der Waals surface area contributed by atoms with Crippen LogP contribution < -0.4 is 22.2 Å². The van der Waals surface area contributed by atoms with Crippen molar-refractivity contribution in [2.75, 3.05) is 11.5 Å². The molecule has 0 aliphatic heterocycles. The van der Waals surface area contributed by atoms with Crippen LogP contribution in [0.4, 0.5) is 11.5 Å². The third-order valence-corrected chi connectivity index (χ3v) is 5.30. The van der Waals surface area contributed by atoms with Gasteiger partial charge in [0.15, 0.2) is 4.83 Å². The molecular formula is C18H18N5OS+. The van der Waals surface area contributed by atoms with Crippen LogP contribution in [0.25, 0.3) is 21.3 Å². The molecule has 7 N–H and O–H groups in total. The Morgan fingerprint density at radius 1 is 1.24 bits per heavy atom. The van der Waals surface area contributed by atoms with Gasteiger partial charge in [-0.1, -0.05) is 49.4 Å². The van der Waals surface area contributed by atoms with Gasteiger partial charge in [0.2, 0.25) is 0 Å². The smallest absolute Gasteiger partial charge is 0.290 e. The predicted molar refractivity (Wildman–Crippen MR) is 100.0 cm³/mol. The molecule has 7 heteroatoms. The number of benzene rings is 1. The number of nitrogens with two attached hydrogens (primary N) is 3. The number of hydrogen-bond acceptors (Lipinski definition) is 5. The normalized spacial score (nSPS) is 11.0. The van der Waals surface area contributed by atoms with Crippen LogP contribution >= 0.6 is 11.3 Å². The van der Waals surface area contributed by atoms with Gasteiger partial charge in [-0.05, 0) is 17.0 Å². The zero-order valence-electron chi connectivity index (χ0n) is 13.9. The minimum atomic E-state index is -0.606. The van der Waals surface area contributed by atoms with Gasteiger partial charge >= 0.3 is 0 Å². The van der Waals surface area contributed by atoms with E-state index in [1.807, 2.05) is 24.3 Å². The fraction of sp³-hybridized carbons (Fsp3) is 0.167. The lowest BCUT2D eigenvalue weighted by Gasteiger charge is -2.10. The standard InChI is InChI=1S/C18H17N5OS/c1-8(2)9-3-5-10(6-4-9)12-11(7-19)16(21)23-18-13(12)14(20)15(25-18)17(22)24/h3-6,8H,20H2,1-2H3,(H2,21,23)(H2,22,24)/p+1. The van der Waals surface area contributed by atoms with Crippen molar-refractivity contribution < 1.29 is 9.78 Å². The topological polar surface area (TPSA) is 133 Å².